The maximum Gasteiger partial charge on any atom is 0.275 e. The summed E-state index contributed by atoms with van der Waals surface area (Å²) in [7, 11) is 0. The van der Waals surface area contributed by atoms with Crippen LogP contribution in [0.5, 0.6) is 11.5 Å². The van der Waals surface area contributed by atoms with Gasteiger partial charge in [-0.05, 0) is 26.0 Å². The summed E-state index contributed by atoms with van der Waals surface area (Å²) in [5.41, 5.74) is 2.03. The largest absolute Gasteiger partial charge is 0.492 e. The number of fused-ring (bicyclic) bond motifs is 1. The van der Waals surface area contributed by atoms with Gasteiger partial charge in [-0.2, -0.15) is 0 Å². The second kappa shape index (κ2) is 9.22. The molecular formula is C22H25FN4O4. The number of hydrogen-bond acceptors (Lipinski definition) is 6. The van der Waals surface area contributed by atoms with Gasteiger partial charge in [0, 0.05) is 37.6 Å². The summed E-state index contributed by atoms with van der Waals surface area (Å²) in [4.78, 5) is 19.3. The quantitative estimate of drug-likeness (QED) is 0.622. The van der Waals surface area contributed by atoms with Gasteiger partial charge >= 0.3 is 0 Å². The normalized spacial score (nSPS) is 14.0. The maximum absolute atomic E-state index is 13.4. The van der Waals surface area contributed by atoms with Gasteiger partial charge in [-0.1, -0.05) is 0 Å². The van der Waals surface area contributed by atoms with Crippen molar-refractivity contribution in [1.29, 1.82) is 0 Å². The van der Waals surface area contributed by atoms with Crippen molar-refractivity contribution in [2.24, 2.45) is 0 Å². The number of benzene rings is 1. The molecule has 2 aromatic heterocycles. The van der Waals surface area contributed by atoms with Crippen molar-refractivity contribution in [2.75, 3.05) is 49.7 Å². The van der Waals surface area contributed by atoms with E-state index in [1.54, 1.807) is 6.07 Å². The van der Waals surface area contributed by atoms with Crippen LogP contribution in [-0.2, 0) is 4.74 Å². The molecule has 3 heterocycles. The third-order valence-corrected chi connectivity index (χ3v) is 4.91. The topological polar surface area (TPSA) is 77.3 Å². The number of anilines is 2. The number of carbonyl (C=O) groups excluding carboxylic acids is 1. The fourth-order valence-electron chi connectivity index (χ4n) is 3.50. The fraction of sp³-hybridized carbons (Fsp3) is 0.364. The highest BCUT2D eigenvalue weighted by Gasteiger charge is 2.21. The van der Waals surface area contributed by atoms with Gasteiger partial charge in [-0.25, -0.2) is 9.37 Å². The van der Waals surface area contributed by atoms with E-state index in [1.807, 2.05) is 19.9 Å². The van der Waals surface area contributed by atoms with E-state index in [4.69, 9.17) is 14.2 Å². The second-order valence-corrected chi connectivity index (χ2v) is 6.97. The molecule has 4 rings (SSSR count). The van der Waals surface area contributed by atoms with E-state index in [2.05, 4.69) is 15.2 Å². The summed E-state index contributed by atoms with van der Waals surface area (Å²) >= 11 is 0. The number of imidazole rings is 1. The van der Waals surface area contributed by atoms with Crippen LogP contribution in [0.15, 0.2) is 36.7 Å². The van der Waals surface area contributed by atoms with Crippen molar-refractivity contribution in [3.63, 3.8) is 0 Å². The first kappa shape index (κ1) is 20.9. The van der Waals surface area contributed by atoms with Gasteiger partial charge in [0.05, 0.1) is 37.8 Å². The van der Waals surface area contributed by atoms with Crippen molar-refractivity contribution >= 4 is 22.9 Å². The Morgan fingerprint density at radius 2 is 1.87 bits per heavy atom. The lowest BCUT2D eigenvalue weighted by molar-refractivity contribution is 0.102. The molecule has 1 aromatic carbocycles. The van der Waals surface area contributed by atoms with Gasteiger partial charge in [0.2, 0.25) is 0 Å². The standard InChI is InChI=1S/C22H25FN4O4/c1-3-30-19-12-18(26-7-9-29-10-8-26)20(31-4-2)11-16(19)25-22(28)17-14-27-13-15(23)5-6-21(27)24-17/h5-6,11-14H,3-4,7-10H2,1-2H3,(H,25,28). The minimum Gasteiger partial charge on any atom is -0.492 e. The minimum atomic E-state index is -0.424. The molecule has 8 nitrogen and oxygen atoms in total. The first-order chi connectivity index (χ1) is 15.1. The molecule has 9 heteroatoms. The number of aromatic nitrogens is 2. The summed E-state index contributed by atoms with van der Waals surface area (Å²) in [6.07, 6.45) is 2.76. The smallest absolute Gasteiger partial charge is 0.275 e. The Bertz CT molecular complexity index is 1080. The van der Waals surface area contributed by atoms with E-state index in [0.29, 0.717) is 49.3 Å². The second-order valence-electron chi connectivity index (χ2n) is 6.97. The van der Waals surface area contributed by atoms with Crippen LogP contribution in [0.4, 0.5) is 15.8 Å². The average molecular weight is 428 g/mol. The van der Waals surface area contributed by atoms with Gasteiger partial charge in [0.15, 0.2) is 0 Å². The average Bonchev–Trinajstić information content (AvgIpc) is 3.19. The number of hydrogen-bond donors (Lipinski definition) is 1. The van der Waals surface area contributed by atoms with Crippen molar-refractivity contribution in [3.05, 3.63) is 48.2 Å². The molecule has 1 aliphatic rings. The van der Waals surface area contributed by atoms with Gasteiger partial charge in [-0.15, -0.1) is 0 Å². The maximum atomic E-state index is 13.4. The van der Waals surface area contributed by atoms with E-state index in [1.165, 1.54) is 28.9 Å². The number of carbonyl (C=O) groups is 1. The van der Waals surface area contributed by atoms with E-state index in [0.717, 1.165) is 18.8 Å². The zero-order chi connectivity index (χ0) is 21.8. The minimum absolute atomic E-state index is 0.170. The van der Waals surface area contributed by atoms with Gasteiger partial charge in [-0.3, -0.25) is 4.79 Å². The summed E-state index contributed by atoms with van der Waals surface area (Å²) in [6, 6.07) is 6.47. The van der Waals surface area contributed by atoms with Crippen LogP contribution < -0.4 is 19.7 Å². The monoisotopic (exact) mass is 428 g/mol. The van der Waals surface area contributed by atoms with Crippen molar-refractivity contribution in [2.45, 2.75) is 13.8 Å². The Kier molecular flexibility index (Phi) is 6.22. The molecule has 3 aromatic rings. The Hall–Kier alpha value is -3.33. The first-order valence-electron chi connectivity index (χ1n) is 10.3. The molecule has 1 aliphatic heterocycles. The summed E-state index contributed by atoms with van der Waals surface area (Å²) in [6.45, 7) is 7.49. The molecular weight excluding hydrogens is 403 g/mol. The molecule has 1 fully saturated rings. The lowest BCUT2D eigenvalue weighted by Crippen LogP contribution is -2.36. The van der Waals surface area contributed by atoms with Gasteiger partial charge in [0.25, 0.3) is 5.91 Å². The SMILES string of the molecule is CCOc1cc(N2CCOCC2)c(OCC)cc1NC(=O)c1cn2cc(F)ccc2n1. The number of amides is 1. The van der Waals surface area contributed by atoms with Crippen LogP contribution in [0.25, 0.3) is 5.65 Å². The predicted molar refractivity (Wildman–Crippen MR) is 115 cm³/mol. The highest BCUT2D eigenvalue weighted by molar-refractivity contribution is 6.04. The van der Waals surface area contributed by atoms with Gasteiger partial charge < -0.3 is 28.8 Å². The molecule has 0 radical (unpaired) electrons. The van der Waals surface area contributed by atoms with Crippen molar-refractivity contribution in [1.82, 2.24) is 9.38 Å². The molecule has 0 bridgehead atoms. The Labute approximate surface area is 179 Å². The molecule has 1 amide bonds. The van der Waals surface area contributed by atoms with Crippen LogP contribution >= 0.6 is 0 Å². The summed E-state index contributed by atoms with van der Waals surface area (Å²) in [5, 5.41) is 2.86. The van der Waals surface area contributed by atoms with E-state index in [-0.39, 0.29) is 5.69 Å². The third-order valence-electron chi connectivity index (χ3n) is 4.91. The number of rotatable bonds is 7. The third kappa shape index (κ3) is 4.56. The molecule has 1 saturated heterocycles. The van der Waals surface area contributed by atoms with Crippen molar-refractivity contribution in [3.8, 4) is 11.5 Å². The predicted octanol–water partition coefficient (Wildman–Crippen LogP) is 3.36. The number of ether oxygens (including phenoxy) is 3. The highest BCUT2D eigenvalue weighted by atomic mass is 19.1. The number of halogens is 1. The summed E-state index contributed by atoms with van der Waals surface area (Å²) < 4.78 is 32.0. The van der Waals surface area contributed by atoms with E-state index < -0.39 is 11.7 Å². The van der Waals surface area contributed by atoms with Crippen LogP contribution in [0, 0.1) is 5.82 Å². The van der Waals surface area contributed by atoms with E-state index in [9.17, 15) is 9.18 Å². The number of pyridine rings is 1. The molecule has 0 aliphatic carbocycles. The Morgan fingerprint density at radius 3 is 2.61 bits per heavy atom. The first-order valence-corrected chi connectivity index (χ1v) is 10.3. The fourth-order valence-corrected chi connectivity index (χ4v) is 3.50. The number of nitrogens with zero attached hydrogens (tertiary/aromatic N) is 3. The van der Waals surface area contributed by atoms with Gasteiger partial charge in [0.1, 0.15) is 28.7 Å². The molecule has 31 heavy (non-hydrogen) atoms. The van der Waals surface area contributed by atoms with Crippen LogP contribution in [0.3, 0.4) is 0 Å². The summed E-state index contributed by atoms with van der Waals surface area (Å²) in [5.74, 6) is 0.359. The number of morpholine rings is 1. The highest BCUT2D eigenvalue weighted by Crippen LogP contribution is 2.39. The zero-order valence-electron chi connectivity index (χ0n) is 17.6. The molecule has 0 atom stereocenters. The molecule has 164 valence electrons. The molecule has 0 spiro atoms. The number of nitrogens with one attached hydrogen (secondary N) is 1. The molecule has 1 N–H and O–H groups in total. The molecule has 0 saturated carbocycles. The van der Waals surface area contributed by atoms with E-state index >= 15 is 0 Å². The zero-order valence-corrected chi connectivity index (χ0v) is 17.6. The van der Waals surface area contributed by atoms with Crippen molar-refractivity contribution < 1.29 is 23.4 Å². The van der Waals surface area contributed by atoms with Crippen LogP contribution in [0.2, 0.25) is 0 Å². The van der Waals surface area contributed by atoms with Crippen LogP contribution in [-0.4, -0.2) is 54.8 Å². The van der Waals surface area contributed by atoms with Crippen LogP contribution in [0.1, 0.15) is 24.3 Å². The Morgan fingerprint density at radius 1 is 1.13 bits per heavy atom. The lowest BCUT2D eigenvalue weighted by Gasteiger charge is -2.31. The molecule has 0 unspecified atom stereocenters. The Balaban J connectivity index is 1.66. The lowest BCUT2D eigenvalue weighted by atomic mass is 10.2.